The van der Waals surface area contributed by atoms with Crippen LogP contribution in [0.4, 0.5) is 26.3 Å². The van der Waals surface area contributed by atoms with E-state index in [1.807, 2.05) is 20.8 Å². The Kier molecular flexibility index (Phi) is 6.48. The van der Waals surface area contributed by atoms with Crippen LogP contribution in [0.3, 0.4) is 0 Å². The van der Waals surface area contributed by atoms with Gasteiger partial charge in [-0.25, -0.2) is 0 Å². The summed E-state index contributed by atoms with van der Waals surface area (Å²) in [5, 5.41) is 0. The van der Waals surface area contributed by atoms with Gasteiger partial charge in [0.15, 0.2) is 5.92 Å². The van der Waals surface area contributed by atoms with Crippen molar-refractivity contribution >= 4 is 5.97 Å². The Morgan fingerprint density at radius 1 is 0.833 bits per heavy atom. The van der Waals surface area contributed by atoms with Crippen LogP contribution < -0.4 is 0 Å². The lowest BCUT2D eigenvalue weighted by Gasteiger charge is -2.43. The van der Waals surface area contributed by atoms with Crippen molar-refractivity contribution < 1.29 is 35.9 Å². The number of alkyl halides is 6. The first kappa shape index (κ1) is 23.1. The third kappa shape index (κ3) is 6.16. The molecule has 0 aliphatic heterocycles. The normalized spacial score (nSPS) is 16.9. The Morgan fingerprint density at radius 2 is 1.21 bits per heavy atom. The molecule has 144 valence electrons. The molecule has 0 aromatic rings. The second-order valence-electron chi connectivity index (χ2n) is 8.55. The van der Waals surface area contributed by atoms with Crippen LogP contribution in [0.15, 0.2) is 0 Å². The van der Waals surface area contributed by atoms with Gasteiger partial charge in [-0.3, -0.25) is 4.79 Å². The van der Waals surface area contributed by atoms with E-state index in [1.165, 1.54) is 6.92 Å². The number of esters is 1. The van der Waals surface area contributed by atoms with Crippen molar-refractivity contribution in [3.05, 3.63) is 0 Å². The smallest absolute Gasteiger partial charge is 0.403 e. The van der Waals surface area contributed by atoms with Gasteiger partial charge in [0, 0.05) is 0 Å². The van der Waals surface area contributed by atoms with Gasteiger partial charge in [0.1, 0.15) is 6.61 Å². The molecule has 0 saturated heterocycles. The Hall–Kier alpha value is -0.950. The van der Waals surface area contributed by atoms with Gasteiger partial charge in [0.2, 0.25) is 0 Å². The highest BCUT2D eigenvalue weighted by Crippen LogP contribution is 2.48. The fourth-order valence-corrected chi connectivity index (χ4v) is 2.40. The summed E-state index contributed by atoms with van der Waals surface area (Å²) in [7, 11) is 0. The average molecular weight is 364 g/mol. The minimum atomic E-state index is -5.53. The molecule has 1 atom stereocenters. The number of hydrogen-bond acceptors (Lipinski definition) is 2. The fourth-order valence-electron chi connectivity index (χ4n) is 2.40. The quantitative estimate of drug-likeness (QED) is 0.468. The Bertz CT molecular complexity index is 425. The fraction of sp³-hybridized carbons (Fsp3) is 0.938. The van der Waals surface area contributed by atoms with E-state index in [0.717, 1.165) is 0 Å². The first-order chi connectivity index (χ1) is 10.2. The summed E-state index contributed by atoms with van der Waals surface area (Å²) < 4.78 is 79.9. The molecule has 0 N–H and O–H groups in total. The zero-order valence-electron chi connectivity index (χ0n) is 15.1. The van der Waals surface area contributed by atoms with Crippen LogP contribution in [-0.4, -0.2) is 24.9 Å². The summed E-state index contributed by atoms with van der Waals surface area (Å²) >= 11 is 0. The van der Waals surface area contributed by atoms with E-state index in [-0.39, 0.29) is 11.8 Å². The minimum absolute atomic E-state index is 0.255. The maximum atomic E-state index is 12.6. The monoisotopic (exact) mass is 364 g/mol. The van der Waals surface area contributed by atoms with Crippen molar-refractivity contribution in [2.24, 2.45) is 22.2 Å². The van der Waals surface area contributed by atoms with Crippen LogP contribution in [0.5, 0.6) is 0 Å². The third-order valence-electron chi connectivity index (χ3n) is 4.16. The zero-order chi connectivity index (χ0) is 19.8. The predicted molar refractivity (Wildman–Crippen MR) is 78.2 cm³/mol. The van der Waals surface area contributed by atoms with Crippen molar-refractivity contribution in [2.75, 3.05) is 6.61 Å². The number of ether oxygens (including phenoxy) is 1. The van der Waals surface area contributed by atoms with E-state index in [2.05, 4.69) is 4.74 Å². The zero-order valence-corrected chi connectivity index (χ0v) is 15.1. The summed E-state index contributed by atoms with van der Waals surface area (Å²) in [6.45, 7) is 10.3. The van der Waals surface area contributed by atoms with E-state index in [4.69, 9.17) is 0 Å². The Balaban J connectivity index is 5.43. The molecule has 0 amide bonds. The minimum Gasteiger partial charge on any atom is -0.464 e. The highest BCUT2D eigenvalue weighted by molar-refractivity contribution is 5.77. The number of hydrogen-bond donors (Lipinski definition) is 0. The molecule has 0 radical (unpaired) electrons. The second kappa shape index (κ2) is 6.75. The number of rotatable bonds is 4. The first-order valence-electron chi connectivity index (χ1n) is 7.52. The topological polar surface area (TPSA) is 26.3 Å². The second-order valence-corrected chi connectivity index (χ2v) is 8.55. The van der Waals surface area contributed by atoms with Gasteiger partial charge in [0.25, 0.3) is 0 Å². The molecule has 0 fully saturated rings. The van der Waals surface area contributed by atoms with Gasteiger partial charge < -0.3 is 4.74 Å². The Morgan fingerprint density at radius 3 is 1.46 bits per heavy atom. The molecule has 2 nitrogen and oxygen atoms in total. The average Bonchev–Trinajstić information content (AvgIpc) is 2.20. The van der Waals surface area contributed by atoms with Crippen molar-refractivity contribution in [3.63, 3.8) is 0 Å². The molecule has 0 saturated carbocycles. The van der Waals surface area contributed by atoms with Gasteiger partial charge in [0.05, 0.1) is 5.41 Å². The Labute approximate surface area is 138 Å². The van der Waals surface area contributed by atoms with Gasteiger partial charge in [-0.05, 0) is 24.2 Å². The molecule has 0 aliphatic rings. The molecule has 0 rings (SSSR count). The number of carbonyl (C=O) groups is 1. The molecule has 1 unspecified atom stereocenters. The van der Waals surface area contributed by atoms with Crippen molar-refractivity contribution in [1.82, 2.24) is 0 Å². The highest BCUT2D eigenvalue weighted by atomic mass is 19.4. The molecule has 24 heavy (non-hydrogen) atoms. The molecule has 0 heterocycles. The molecular weight excluding hydrogens is 338 g/mol. The maximum Gasteiger partial charge on any atom is 0.403 e. The molecule has 0 aliphatic carbocycles. The largest absolute Gasteiger partial charge is 0.464 e. The third-order valence-corrected chi connectivity index (χ3v) is 4.16. The molecule has 0 aromatic carbocycles. The summed E-state index contributed by atoms with van der Waals surface area (Å²) in [5.74, 6) is -4.74. The van der Waals surface area contributed by atoms with Gasteiger partial charge >= 0.3 is 18.3 Å². The molecular formula is C16H26F6O2. The lowest BCUT2D eigenvalue weighted by atomic mass is 9.61. The SMILES string of the molecule is CC(C)(C)CC(C)(C(=O)OCC(C(F)(F)F)C(F)(F)F)C(C)(C)C. The lowest BCUT2D eigenvalue weighted by Crippen LogP contribution is -2.46. The van der Waals surface area contributed by atoms with Crippen LogP contribution in [0.25, 0.3) is 0 Å². The first-order valence-corrected chi connectivity index (χ1v) is 7.52. The summed E-state index contributed by atoms with van der Waals surface area (Å²) in [5.41, 5.74) is -2.30. The van der Waals surface area contributed by atoms with Crippen molar-refractivity contribution in [2.45, 2.75) is 67.2 Å². The van der Waals surface area contributed by atoms with E-state index < -0.39 is 41.7 Å². The standard InChI is InChI=1S/C16H26F6O2/c1-12(2,3)9-14(7,13(4,5)6)11(23)24-8-10(15(17,18)19)16(20,21)22/h10H,8-9H2,1-7H3. The summed E-state index contributed by atoms with van der Waals surface area (Å²) in [4.78, 5) is 12.4. The summed E-state index contributed by atoms with van der Waals surface area (Å²) in [6, 6.07) is 0. The number of halogens is 6. The van der Waals surface area contributed by atoms with E-state index in [1.54, 1.807) is 20.8 Å². The van der Waals surface area contributed by atoms with E-state index >= 15 is 0 Å². The lowest BCUT2D eigenvalue weighted by molar-refractivity contribution is -0.293. The van der Waals surface area contributed by atoms with Crippen molar-refractivity contribution in [1.29, 1.82) is 0 Å². The molecule has 0 aromatic heterocycles. The van der Waals surface area contributed by atoms with E-state index in [9.17, 15) is 31.1 Å². The van der Waals surface area contributed by atoms with Crippen LogP contribution in [0.2, 0.25) is 0 Å². The van der Waals surface area contributed by atoms with Crippen LogP contribution in [-0.2, 0) is 9.53 Å². The molecule has 0 bridgehead atoms. The van der Waals surface area contributed by atoms with Gasteiger partial charge in [-0.2, -0.15) is 26.3 Å². The van der Waals surface area contributed by atoms with Crippen LogP contribution in [0.1, 0.15) is 54.9 Å². The van der Waals surface area contributed by atoms with Crippen LogP contribution in [0, 0.1) is 22.2 Å². The molecule has 0 spiro atoms. The molecule has 8 heteroatoms. The van der Waals surface area contributed by atoms with Crippen molar-refractivity contribution in [3.8, 4) is 0 Å². The van der Waals surface area contributed by atoms with Gasteiger partial charge in [-0.15, -0.1) is 0 Å². The van der Waals surface area contributed by atoms with Crippen LogP contribution >= 0.6 is 0 Å². The van der Waals surface area contributed by atoms with Gasteiger partial charge in [-0.1, -0.05) is 41.5 Å². The highest BCUT2D eigenvalue weighted by Gasteiger charge is 2.58. The maximum absolute atomic E-state index is 12.6. The number of carbonyl (C=O) groups excluding carboxylic acids is 1. The predicted octanol–water partition coefficient (Wildman–Crippen LogP) is 5.76. The summed E-state index contributed by atoms with van der Waals surface area (Å²) in [6.07, 6.45) is -10.8. The van der Waals surface area contributed by atoms with E-state index in [0.29, 0.717) is 0 Å².